The number of hydrogen-bond acceptors (Lipinski definition) is 3. The fourth-order valence-corrected chi connectivity index (χ4v) is 2.53. The Bertz CT molecular complexity index is 600. The summed E-state index contributed by atoms with van der Waals surface area (Å²) in [6.07, 6.45) is 1.86. The molecule has 0 aromatic heterocycles. The molecule has 5 heteroatoms. The molecule has 22 heavy (non-hydrogen) atoms. The van der Waals surface area contributed by atoms with Gasteiger partial charge >= 0.3 is 0 Å². The minimum absolute atomic E-state index is 0.114. The maximum absolute atomic E-state index is 12.0. The van der Waals surface area contributed by atoms with Crippen LogP contribution >= 0.6 is 12.2 Å². The van der Waals surface area contributed by atoms with Gasteiger partial charge in [0.25, 0.3) is 5.91 Å². The fourth-order valence-electron chi connectivity index (χ4n) is 2.25. The first-order valence-corrected chi connectivity index (χ1v) is 7.68. The number of hydrogen-bond donors (Lipinski definition) is 1. The van der Waals surface area contributed by atoms with E-state index in [4.69, 9.17) is 17.0 Å². The van der Waals surface area contributed by atoms with Gasteiger partial charge in [-0.15, -0.1) is 0 Å². The highest BCUT2D eigenvalue weighted by Crippen LogP contribution is 2.23. The average Bonchev–Trinajstić information content (AvgIpc) is 2.71. The number of benzene rings is 1. The summed E-state index contributed by atoms with van der Waals surface area (Å²) in [6.45, 7) is 7.59. The third-order valence-corrected chi connectivity index (χ3v) is 3.91. The molecule has 1 heterocycles. The van der Waals surface area contributed by atoms with Crippen LogP contribution in [0.3, 0.4) is 0 Å². The van der Waals surface area contributed by atoms with E-state index in [9.17, 15) is 4.79 Å². The van der Waals surface area contributed by atoms with Crippen molar-refractivity contribution < 1.29 is 9.53 Å². The second-order valence-electron chi connectivity index (χ2n) is 6.31. The van der Waals surface area contributed by atoms with Gasteiger partial charge in [-0.05, 0) is 34.8 Å². The number of nitrogens with zero attached hydrogens (tertiary/aromatic N) is 1. The van der Waals surface area contributed by atoms with Crippen LogP contribution in [-0.4, -0.2) is 36.2 Å². The number of carbonyl (C=O) groups excluding carboxylic acids is 1. The van der Waals surface area contributed by atoms with Crippen LogP contribution in [0.1, 0.15) is 31.9 Å². The maximum atomic E-state index is 12.0. The van der Waals surface area contributed by atoms with Gasteiger partial charge in [0.15, 0.2) is 5.11 Å². The Hall–Kier alpha value is -1.72. The molecule has 0 spiro atoms. The summed E-state index contributed by atoms with van der Waals surface area (Å²) in [5, 5.41) is 3.11. The fraction of sp³-hybridized carbons (Fsp3) is 0.412. The molecule has 0 radical (unpaired) electrons. The Balaban J connectivity index is 2.26. The smallest absolute Gasteiger partial charge is 0.274 e. The Kier molecular flexibility index (Phi) is 4.98. The number of thiocarbonyl (C=S) groups is 1. The van der Waals surface area contributed by atoms with Crippen molar-refractivity contribution in [3.05, 3.63) is 41.1 Å². The van der Waals surface area contributed by atoms with E-state index in [0.29, 0.717) is 24.0 Å². The summed E-state index contributed by atoms with van der Waals surface area (Å²) >= 11 is 5.19. The lowest BCUT2D eigenvalue weighted by molar-refractivity contribution is -0.115. The zero-order chi connectivity index (χ0) is 16.3. The minimum atomic E-state index is -0.166. The molecule has 4 nitrogen and oxygen atoms in total. The van der Waals surface area contributed by atoms with E-state index >= 15 is 0 Å². The van der Waals surface area contributed by atoms with Gasteiger partial charge in [-0.2, -0.15) is 0 Å². The van der Waals surface area contributed by atoms with Crippen LogP contribution in [0.4, 0.5) is 0 Å². The van der Waals surface area contributed by atoms with Crippen molar-refractivity contribution in [2.45, 2.75) is 26.2 Å². The van der Waals surface area contributed by atoms with Gasteiger partial charge < -0.3 is 9.64 Å². The highest BCUT2D eigenvalue weighted by Gasteiger charge is 2.29. The van der Waals surface area contributed by atoms with E-state index in [1.54, 1.807) is 12.0 Å². The summed E-state index contributed by atoms with van der Waals surface area (Å²) in [4.78, 5) is 13.8. The topological polar surface area (TPSA) is 41.6 Å². The van der Waals surface area contributed by atoms with Crippen LogP contribution in [0.15, 0.2) is 30.0 Å². The summed E-state index contributed by atoms with van der Waals surface area (Å²) in [7, 11) is 1.63. The molecule has 0 unspecified atom stereocenters. The molecule has 1 aliphatic heterocycles. The third kappa shape index (κ3) is 3.72. The Morgan fingerprint density at radius 3 is 2.45 bits per heavy atom. The van der Waals surface area contributed by atoms with E-state index in [2.05, 4.69) is 38.2 Å². The van der Waals surface area contributed by atoms with Crippen LogP contribution in [0, 0.1) is 0 Å². The molecular weight excluding hydrogens is 296 g/mol. The van der Waals surface area contributed by atoms with Gasteiger partial charge in [0.05, 0.1) is 6.61 Å². The van der Waals surface area contributed by atoms with Gasteiger partial charge in [-0.3, -0.25) is 10.1 Å². The van der Waals surface area contributed by atoms with E-state index in [1.807, 2.05) is 18.2 Å². The first-order valence-electron chi connectivity index (χ1n) is 7.27. The minimum Gasteiger partial charge on any atom is -0.383 e. The molecule has 1 aromatic carbocycles. The summed E-state index contributed by atoms with van der Waals surface area (Å²) < 4.78 is 5.07. The Morgan fingerprint density at radius 2 is 1.91 bits per heavy atom. The average molecular weight is 318 g/mol. The molecule has 0 bridgehead atoms. The summed E-state index contributed by atoms with van der Waals surface area (Å²) in [6, 6.07) is 8.24. The molecule has 1 N–H and O–H groups in total. The van der Waals surface area contributed by atoms with Crippen LogP contribution in [-0.2, 0) is 14.9 Å². The normalized spacial score (nSPS) is 17.3. The number of rotatable bonds is 4. The zero-order valence-electron chi connectivity index (χ0n) is 13.5. The summed E-state index contributed by atoms with van der Waals surface area (Å²) in [5.41, 5.74) is 2.91. The quantitative estimate of drug-likeness (QED) is 0.684. The zero-order valence-corrected chi connectivity index (χ0v) is 14.3. The largest absolute Gasteiger partial charge is 0.383 e. The molecule has 2 rings (SSSR count). The molecule has 0 saturated carbocycles. The van der Waals surface area contributed by atoms with E-state index in [-0.39, 0.29) is 11.3 Å². The monoisotopic (exact) mass is 318 g/mol. The van der Waals surface area contributed by atoms with Gasteiger partial charge in [-0.25, -0.2) is 0 Å². The first-order chi connectivity index (χ1) is 10.3. The van der Waals surface area contributed by atoms with Gasteiger partial charge in [0, 0.05) is 13.7 Å². The van der Waals surface area contributed by atoms with Crippen molar-refractivity contribution in [1.82, 2.24) is 10.2 Å². The van der Waals surface area contributed by atoms with E-state index in [0.717, 1.165) is 5.56 Å². The molecule has 0 aliphatic carbocycles. The highest BCUT2D eigenvalue weighted by molar-refractivity contribution is 7.80. The molecule has 1 saturated heterocycles. The number of nitrogens with one attached hydrogen (secondary N) is 1. The third-order valence-electron chi connectivity index (χ3n) is 3.59. The lowest BCUT2D eigenvalue weighted by Gasteiger charge is -2.19. The van der Waals surface area contributed by atoms with Crippen molar-refractivity contribution in [3.8, 4) is 0 Å². The van der Waals surface area contributed by atoms with Crippen LogP contribution in [0.25, 0.3) is 6.08 Å². The summed E-state index contributed by atoms with van der Waals surface area (Å²) in [5.74, 6) is -0.166. The number of ether oxygens (including phenoxy) is 1. The first kappa shape index (κ1) is 16.6. The van der Waals surface area contributed by atoms with Crippen LogP contribution in [0.2, 0.25) is 0 Å². The van der Waals surface area contributed by atoms with Gasteiger partial charge in [0.2, 0.25) is 0 Å². The maximum Gasteiger partial charge on any atom is 0.274 e. The molecular formula is C17H22N2O2S. The second-order valence-corrected chi connectivity index (χ2v) is 6.69. The van der Waals surface area contributed by atoms with Crippen molar-refractivity contribution in [2.75, 3.05) is 20.3 Å². The predicted molar refractivity (Wildman–Crippen MR) is 92.4 cm³/mol. The number of carbonyl (C=O) groups is 1. The molecule has 1 aromatic rings. The number of methoxy groups -OCH3 is 1. The predicted octanol–water partition coefficient (Wildman–Crippen LogP) is 2.69. The number of amides is 1. The lowest BCUT2D eigenvalue weighted by Crippen LogP contribution is -2.30. The van der Waals surface area contributed by atoms with Crippen LogP contribution < -0.4 is 5.32 Å². The van der Waals surface area contributed by atoms with Crippen molar-refractivity contribution >= 4 is 29.3 Å². The standard InChI is InChI=1S/C17H22N2O2S/c1-17(2,3)13-7-5-12(6-8-13)11-14-15(20)18-16(22)19(14)9-10-21-4/h5-8,11H,9-10H2,1-4H3,(H,18,20,22)/b14-11+. The van der Waals surface area contributed by atoms with Gasteiger partial charge in [0.1, 0.15) is 5.70 Å². The lowest BCUT2D eigenvalue weighted by atomic mass is 9.87. The van der Waals surface area contributed by atoms with Crippen molar-refractivity contribution in [1.29, 1.82) is 0 Å². The van der Waals surface area contributed by atoms with E-state index < -0.39 is 0 Å². The van der Waals surface area contributed by atoms with Crippen molar-refractivity contribution in [3.63, 3.8) is 0 Å². The SMILES string of the molecule is COCCN1C(=S)NC(=O)/C1=C\c1ccc(C(C)(C)C)cc1. The van der Waals surface area contributed by atoms with E-state index in [1.165, 1.54) is 5.56 Å². The molecule has 1 amide bonds. The second kappa shape index (κ2) is 6.58. The van der Waals surface area contributed by atoms with Crippen molar-refractivity contribution in [2.24, 2.45) is 0 Å². The molecule has 1 aliphatic rings. The molecule has 1 fully saturated rings. The molecule has 0 atom stereocenters. The van der Waals surface area contributed by atoms with Crippen LogP contribution in [0.5, 0.6) is 0 Å². The molecule has 118 valence electrons. The van der Waals surface area contributed by atoms with Gasteiger partial charge in [-0.1, -0.05) is 45.0 Å². The highest BCUT2D eigenvalue weighted by atomic mass is 32.1. The Morgan fingerprint density at radius 1 is 1.27 bits per heavy atom. The Labute approximate surface area is 137 Å².